The number of nitrogens with two attached hydrogens (primary N) is 1. The zero-order chi connectivity index (χ0) is 61.5. The van der Waals surface area contributed by atoms with Crippen molar-refractivity contribution in [3.05, 3.63) is 138 Å². The molecule has 2 atom stereocenters. The minimum Gasteiger partial charge on any atom is -0.467 e. The quantitative estimate of drug-likeness (QED) is 0.0165. The van der Waals surface area contributed by atoms with Crippen molar-refractivity contribution in [2.24, 2.45) is 10.7 Å². The maximum Gasteiger partial charge on any atom is 0.434 e. The third kappa shape index (κ3) is 29.4. The molecule has 4 aromatic carbocycles. The summed E-state index contributed by atoms with van der Waals surface area (Å²) in [6, 6.07) is 19.7. The van der Waals surface area contributed by atoms with Crippen molar-refractivity contribution in [1.29, 1.82) is 5.41 Å². The van der Waals surface area contributed by atoms with E-state index >= 15 is 0 Å². The average Bonchev–Trinajstić information content (AvgIpc) is 2.58. The van der Waals surface area contributed by atoms with Gasteiger partial charge in [0.2, 0.25) is 0 Å². The van der Waals surface area contributed by atoms with Crippen LogP contribution in [0.15, 0.2) is 89.9 Å². The maximum absolute atomic E-state index is 12.9. The van der Waals surface area contributed by atoms with Crippen molar-refractivity contribution in [3.8, 4) is 0 Å². The first-order valence-corrected chi connectivity index (χ1v) is 26.7. The summed E-state index contributed by atoms with van der Waals surface area (Å²) in [4.78, 5) is 129. The van der Waals surface area contributed by atoms with Crippen molar-refractivity contribution in [1.82, 2.24) is 21.3 Å². The van der Waals surface area contributed by atoms with Crippen LogP contribution in [0.25, 0.3) is 0 Å². The van der Waals surface area contributed by atoms with Crippen LogP contribution >= 0.6 is 73.4 Å². The number of rotatable bonds is 24. The molecule has 7 N–H and O–H groups in total. The average molecular weight is 1310 g/mol. The van der Waals surface area contributed by atoms with E-state index in [0.717, 1.165) is 14.2 Å². The molecule has 5 amide bonds. The monoisotopic (exact) mass is 1310 g/mol. The molecule has 472 valence electrons. The van der Waals surface area contributed by atoms with Crippen molar-refractivity contribution in [2.45, 2.75) is 125 Å². The van der Waals surface area contributed by atoms with E-state index in [1.165, 1.54) is 30.3 Å². The third-order valence-electron chi connectivity index (χ3n) is 10.9. The summed E-state index contributed by atoms with van der Waals surface area (Å²) in [5.74, 6) is -5.33. The van der Waals surface area contributed by atoms with Crippen LogP contribution in [0.3, 0.4) is 0 Å². The van der Waals surface area contributed by atoms with E-state index in [9.17, 15) is 47.9 Å². The van der Waals surface area contributed by atoms with E-state index in [1.807, 2.05) is 0 Å². The molecule has 0 bridgehead atoms. The number of aliphatic imine (C=N–C) groups is 1. The molecule has 0 heterocycles. The molecule has 0 spiro atoms. The molecule has 0 aliphatic heterocycles. The minimum absolute atomic E-state index is 0. The second kappa shape index (κ2) is 38.9. The third-order valence-corrected chi connectivity index (χ3v) is 12.1. The van der Waals surface area contributed by atoms with Crippen molar-refractivity contribution in [2.75, 3.05) is 27.3 Å². The van der Waals surface area contributed by atoms with Gasteiger partial charge in [0.15, 0.2) is 11.6 Å². The summed E-state index contributed by atoms with van der Waals surface area (Å²) in [6.45, 7) is 9.60. The molecule has 4 rings (SSSR count). The first-order chi connectivity index (χ1) is 38.4. The largest absolute Gasteiger partial charge is 0.467 e. The van der Waals surface area contributed by atoms with Crippen LogP contribution in [-0.4, -0.2) is 121 Å². The molecule has 0 aromatic heterocycles. The minimum atomic E-state index is -1.18. The van der Waals surface area contributed by atoms with Gasteiger partial charge < -0.3 is 45.9 Å². The van der Waals surface area contributed by atoms with Crippen molar-refractivity contribution in [3.63, 3.8) is 0 Å². The number of ketones is 2. The summed E-state index contributed by atoms with van der Waals surface area (Å²) in [6.07, 6.45) is -1.34. The highest BCUT2D eigenvalue weighted by molar-refractivity contribution is 7.59. The SMILES string of the molecule is C.C.COC(=O)[C@H](CCC(=O)CNC(=O)c1cccc(CC(=N)N)c1)NC(=O)c1c(Cl)cccc1Cl.COC(=O)[C@H](CCC(=O)CNC(=O)c1cccc(CC(CC(=O)OC(C)(C)C)=NC(=O)OC(C)(C)C)c1)NC(=O)c1c(Cl)cccc1Cl.S.S. The number of methoxy groups -OCH3 is 2. The summed E-state index contributed by atoms with van der Waals surface area (Å²) in [5.41, 5.74) is 5.79. The van der Waals surface area contributed by atoms with E-state index in [2.05, 4.69) is 26.3 Å². The van der Waals surface area contributed by atoms with E-state index in [4.69, 9.17) is 76.5 Å². The molecular formula is C59H77Cl4N7O14S2. The Morgan fingerprint density at radius 1 is 0.558 bits per heavy atom. The number of ether oxygens (including phenoxy) is 4. The molecule has 0 radical (unpaired) electrons. The molecule has 0 aliphatic carbocycles. The summed E-state index contributed by atoms with van der Waals surface area (Å²) in [7, 11) is 2.30. The van der Waals surface area contributed by atoms with Crippen LogP contribution in [0, 0.1) is 5.41 Å². The Hall–Kier alpha value is -7.02. The standard InChI is InChI=1S/C34H41Cl2N3O9.C23H24Cl2N4O5.2CH4.2H2S/c1-33(2,3)47-27(41)18-22(38-32(45)48-34(4,5)6)17-20-10-8-11-21(16-20)29(42)37-19-23(40)14-15-26(31(44)46-7)39-30(43)28-24(35)12-9-13-25(28)36;1-34-23(33)18(29-22(32)20-16(24)6-3-7-17(20)25)9-8-15(30)12-28-21(31)14-5-2-4-13(10-14)11-19(26)27;;;;/h8-13,16,26H,14-15,17-19H2,1-7H3,(H,37,42)(H,39,43);2-7,10,18H,8-9,11-12H2,1H3,(H3,26,27)(H,28,31)(H,29,32);2*1H4;2*1H2/t26-;18-;;;;/m00..../s1. The number of Topliss-reactive ketones (excluding diaryl/α,β-unsaturated/α-hetero) is 2. The van der Waals surface area contributed by atoms with Crippen LogP contribution in [0.4, 0.5) is 4.79 Å². The Labute approximate surface area is 535 Å². The van der Waals surface area contributed by atoms with Crippen molar-refractivity contribution >= 4 is 144 Å². The Balaban J connectivity index is 0. The second-order valence-corrected chi connectivity index (χ2v) is 21.6. The highest BCUT2D eigenvalue weighted by Crippen LogP contribution is 2.26. The molecule has 4 aromatic rings. The number of amides is 5. The maximum atomic E-state index is 12.9. The number of halogens is 4. The topological polar surface area (TPSA) is 318 Å². The van der Waals surface area contributed by atoms with Gasteiger partial charge in [0.25, 0.3) is 23.6 Å². The summed E-state index contributed by atoms with van der Waals surface area (Å²) >= 11 is 24.2. The molecule has 0 aliphatic rings. The normalized spacial score (nSPS) is 11.4. The number of nitrogens with zero attached hydrogens (tertiary/aromatic N) is 1. The smallest absolute Gasteiger partial charge is 0.434 e. The lowest BCUT2D eigenvalue weighted by Crippen LogP contribution is -2.42. The molecule has 0 saturated heterocycles. The van der Waals surface area contributed by atoms with Gasteiger partial charge in [0, 0.05) is 42.5 Å². The van der Waals surface area contributed by atoms with E-state index in [-0.39, 0.29) is 154 Å². The van der Waals surface area contributed by atoms with Gasteiger partial charge in [-0.15, -0.1) is 0 Å². The number of hydrogen-bond donors (Lipinski definition) is 6. The van der Waals surface area contributed by atoms with Gasteiger partial charge in [-0.2, -0.15) is 32.0 Å². The van der Waals surface area contributed by atoms with E-state index < -0.39 is 76.7 Å². The Morgan fingerprint density at radius 2 is 0.919 bits per heavy atom. The molecular weight excluding hydrogens is 1240 g/mol. The number of amidine groups is 1. The molecule has 21 nitrogen and oxygen atoms in total. The van der Waals surface area contributed by atoms with Crippen LogP contribution in [0.2, 0.25) is 20.1 Å². The molecule has 86 heavy (non-hydrogen) atoms. The lowest BCUT2D eigenvalue weighted by atomic mass is 10.0. The summed E-state index contributed by atoms with van der Waals surface area (Å²) in [5, 5.41) is 17.8. The van der Waals surface area contributed by atoms with Gasteiger partial charge in [-0.3, -0.25) is 39.0 Å². The molecule has 0 saturated carbocycles. The van der Waals surface area contributed by atoms with Gasteiger partial charge in [0.1, 0.15) is 23.3 Å². The predicted octanol–water partition coefficient (Wildman–Crippen LogP) is 9.71. The highest BCUT2D eigenvalue weighted by Gasteiger charge is 2.28. The van der Waals surface area contributed by atoms with Gasteiger partial charge >= 0.3 is 24.0 Å². The first-order valence-electron chi connectivity index (χ1n) is 25.2. The lowest BCUT2D eigenvalue weighted by molar-refractivity contribution is -0.153. The van der Waals surface area contributed by atoms with Crippen LogP contribution in [0.5, 0.6) is 0 Å². The van der Waals surface area contributed by atoms with Crippen molar-refractivity contribution < 1.29 is 66.9 Å². The second-order valence-electron chi connectivity index (χ2n) is 20.0. The number of nitrogens with one attached hydrogen (secondary N) is 5. The van der Waals surface area contributed by atoms with E-state index in [1.54, 1.807) is 96.1 Å². The molecule has 27 heteroatoms. The predicted molar refractivity (Wildman–Crippen MR) is 343 cm³/mol. The lowest BCUT2D eigenvalue weighted by Gasteiger charge is -2.20. The zero-order valence-corrected chi connectivity index (χ0v) is 52.4. The first kappa shape index (κ1) is 81.0. The zero-order valence-electron chi connectivity index (χ0n) is 47.4. The Kier molecular flexibility index (Phi) is 36.7. The number of carbonyl (C=O) groups excluding carboxylic acids is 10. The van der Waals surface area contributed by atoms with E-state index in [0.29, 0.717) is 16.7 Å². The van der Waals surface area contributed by atoms with Gasteiger partial charge in [-0.1, -0.05) is 97.7 Å². The number of carbonyl (C=O) groups is 10. The van der Waals surface area contributed by atoms with Crippen LogP contribution in [-0.2, 0) is 55.8 Å². The number of esters is 3. The fourth-order valence-corrected chi connectivity index (χ4v) is 8.36. The van der Waals surface area contributed by atoms with Gasteiger partial charge in [0.05, 0.1) is 70.8 Å². The molecule has 0 fully saturated rings. The molecule has 0 unspecified atom stereocenters. The fourth-order valence-electron chi connectivity index (χ4n) is 7.22. The summed E-state index contributed by atoms with van der Waals surface area (Å²) < 4.78 is 20.1. The number of hydrogen-bond acceptors (Lipinski definition) is 15. The van der Waals surface area contributed by atoms with Gasteiger partial charge in [-0.05, 0) is 114 Å². The fraction of sp³-hybridized carbons (Fsp3) is 0.390. The number of benzene rings is 4. The Bertz CT molecular complexity index is 3040. The van der Waals surface area contributed by atoms with Crippen LogP contribution in [0.1, 0.15) is 141 Å². The highest BCUT2D eigenvalue weighted by atomic mass is 35.5. The van der Waals surface area contributed by atoms with Crippen LogP contribution < -0.4 is 27.0 Å². The Morgan fingerprint density at radius 3 is 1.27 bits per heavy atom. The van der Waals surface area contributed by atoms with Gasteiger partial charge in [-0.25, -0.2) is 14.4 Å².